The van der Waals surface area contributed by atoms with Crippen molar-refractivity contribution in [2.75, 3.05) is 7.11 Å². The highest BCUT2D eigenvalue weighted by Crippen LogP contribution is 2.45. The van der Waals surface area contributed by atoms with E-state index in [4.69, 9.17) is 5.73 Å². The van der Waals surface area contributed by atoms with E-state index >= 15 is 0 Å². The molecule has 2 unspecified atom stereocenters. The summed E-state index contributed by atoms with van der Waals surface area (Å²) >= 11 is 0. The van der Waals surface area contributed by atoms with Crippen LogP contribution in [0.25, 0.3) is 0 Å². The van der Waals surface area contributed by atoms with Gasteiger partial charge in [0, 0.05) is 0 Å². The number of methoxy groups -OCH3 is 1. The van der Waals surface area contributed by atoms with E-state index in [-0.39, 0.29) is 18.8 Å². The maximum Gasteiger partial charge on any atom is 0.326 e. The molecule has 0 heterocycles. The number of alkyl halides is 2. The molecule has 1 aliphatic rings. The van der Waals surface area contributed by atoms with E-state index in [0.29, 0.717) is 0 Å². The Morgan fingerprint density at radius 1 is 1.75 bits per heavy atom. The van der Waals surface area contributed by atoms with Crippen LogP contribution in [0.5, 0.6) is 0 Å². The second-order valence-electron chi connectivity index (χ2n) is 2.68. The smallest absolute Gasteiger partial charge is 0.326 e. The number of nitrogens with two attached hydrogens (primary N) is 1. The predicted octanol–water partition coefficient (Wildman–Crippen LogP) is 0.564. The fourth-order valence-electron chi connectivity index (χ4n) is 1.04. The Morgan fingerprint density at radius 2 is 2.25 bits per heavy atom. The lowest BCUT2D eigenvalue weighted by Gasteiger charge is -2.07. The molecule has 3 nitrogen and oxygen atoms in total. The van der Waals surface area contributed by atoms with E-state index in [0.717, 1.165) is 7.11 Å². The fourth-order valence-corrected chi connectivity index (χ4v) is 1.04. The molecule has 0 amide bonds. The quantitative estimate of drug-likeness (QED) is 0.665. The van der Waals surface area contributed by atoms with Gasteiger partial charge in [0.05, 0.1) is 13.0 Å². The lowest BCUT2D eigenvalue weighted by atomic mass is 10.2. The van der Waals surface area contributed by atoms with Crippen LogP contribution >= 0.6 is 12.4 Å². The number of esters is 1. The standard InChI is InChI=1S/C6H9F2NO2.ClH/c1-11-5(10)6(9)2-3(6)4(7)8;/h3-4H,2,9H2,1H3;1H. The van der Waals surface area contributed by atoms with Crippen molar-refractivity contribution in [2.24, 2.45) is 11.7 Å². The Hall–Kier alpha value is -0.420. The molecule has 1 saturated carbocycles. The summed E-state index contributed by atoms with van der Waals surface area (Å²) in [5, 5.41) is 0. The molecule has 72 valence electrons. The van der Waals surface area contributed by atoms with Gasteiger partial charge in [-0.3, -0.25) is 4.79 Å². The first-order chi connectivity index (χ1) is 5.02. The number of hydrogen-bond donors (Lipinski definition) is 1. The number of ether oxygens (including phenoxy) is 1. The van der Waals surface area contributed by atoms with Crippen LogP contribution in [0.3, 0.4) is 0 Å². The number of carbonyl (C=O) groups is 1. The third-order valence-corrected chi connectivity index (χ3v) is 1.93. The molecule has 0 aromatic carbocycles. The van der Waals surface area contributed by atoms with Gasteiger partial charge in [0.2, 0.25) is 6.43 Å². The van der Waals surface area contributed by atoms with Gasteiger partial charge in [-0.15, -0.1) is 12.4 Å². The van der Waals surface area contributed by atoms with Gasteiger partial charge in [-0.1, -0.05) is 0 Å². The SMILES string of the molecule is COC(=O)C1(N)CC1C(F)F.Cl. The van der Waals surface area contributed by atoms with Gasteiger partial charge >= 0.3 is 5.97 Å². The van der Waals surface area contributed by atoms with Crippen LogP contribution in [-0.2, 0) is 9.53 Å². The van der Waals surface area contributed by atoms with Crippen molar-refractivity contribution in [3.8, 4) is 0 Å². The number of rotatable bonds is 2. The van der Waals surface area contributed by atoms with Crippen LogP contribution in [0.4, 0.5) is 8.78 Å². The Bertz CT molecular complexity index is 190. The summed E-state index contributed by atoms with van der Waals surface area (Å²) in [6, 6.07) is 0. The molecule has 6 heteroatoms. The Kier molecular flexibility index (Phi) is 3.41. The van der Waals surface area contributed by atoms with Crippen LogP contribution < -0.4 is 5.73 Å². The zero-order valence-corrected chi connectivity index (χ0v) is 7.24. The molecule has 1 rings (SSSR count). The molecule has 0 aromatic heterocycles. The molecule has 0 aliphatic heterocycles. The summed E-state index contributed by atoms with van der Waals surface area (Å²) in [6.07, 6.45) is -2.50. The third-order valence-electron chi connectivity index (χ3n) is 1.93. The van der Waals surface area contributed by atoms with Crippen molar-refractivity contribution in [1.82, 2.24) is 0 Å². The highest BCUT2D eigenvalue weighted by atomic mass is 35.5. The molecular formula is C6H10ClF2NO2. The van der Waals surface area contributed by atoms with Gasteiger partial charge in [-0.25, -0.2) is 8.78 Å². The number of carbonyl (C=O) groups excluding carboxylic acids is 1. The van der Waals surface area contributed by atoms with Crippen molar-refractivity contribution in [3.05, 3.63) is 0 Å². The molecule has 1 fully saturated rings. The summed E-state index contributed by atoms with van der Waals surface area (Å²) in [5.41, 5.74) is 3.88. The topological polar surface area (TPSA) is 52.3 Å². The van der Waals surface area contributed by atoms with E-state index in [2.05, 4.69) is 4.74 Å². The molecular weight excluding hydrogens is 192 g/mol. The normalized spacial score (nSPS) is 32.6. The van der Waals surface area contributed by atoms with E-state index in [9.17, 15) is 13.6 Å². The summed E-state index contributed by atoms with van der Waals surface area (Å²) in [5.74, 6) is -1.77. The van der Waals surface area contributed by atoms with Gasteiger partial charge in [-0.2, -0.15) is 0 Å². The largest absolute Gasteiger partial charge is 0.468 e. The summed E-state index contributed by atoms with van der Waals surface area (Å²) < 4.78 is 28.1. The van der Waals surface area contributed by atoms with Crippen molar-refractivity contribution in [1.29, 1.82) is 0 Å². The summed E-state index contributed by atoms with van der Waals surface area (Å²) in [7, 11) is 1.14. The van der Waals surface area contributed by atoms with Gasteiger partial charge in [0.1, 0.15) is 5.54 Å². The Labute approximate surface area is 74.7 Å². The van der Waals surface area contributed by atoms with Crippen LogP contribution in [0, 0.1) is 5.92 Å². The highest BCUT2D eigenvalue weighted by molar-refractivity contribution is 5.85. The first-order valence-electron chi connectivity index (χ1n) is 3.18. The van der Waals surface area contributed by atoms with Gasteiger partial charge in [0.15, 0.2) is 0 Å². The second-order valence-corrected chi connectivity index (χ2v) is 2.68. The number of hydrogen-bond acceptors (Lipinski definition) is 3. The summed E-state index contributed by atoms with van der Waals surface area (Å²) in [6.45, 7) is 0. The monoisotopic (exact) mass is 201 g/mol. The first kappa shape index (κ1) is 11.6. The molecule has 2 atom stereocenters. The van der Waals surface area contributed by atoms with Crippen LogP contribution in [0.15, 0.2) is 0 Å². The van der Waals surface area contributed by atoms with Crippen molar-refractivity contribution in [3.63, 3.8) is 0 Å². The average molecular weight is 202 g/mol. The van der Waals surface area contributed by atoms with E-state index < -0.39 is 23.9 Å². The average Bonchev–Trinajstić information content (AvgIpc) is 2.62. The molecule has 1 aliphatic carbocycles. The third kappa shape index (κ3) is 1.67. The molecule has 0 bridgehead atoms. The predicted molar refractivity (Wildman–Crippen MR) is 40.3 cm³/mol. The zero-order chi connectivity index (χ0) is 8.65. The lowest BCUT2D eigenvalue weighted by molar-refractivity contribution is -0.144. The van der Waals surface area contributed by atoms with Crippen molar-refractivity contribution in [2.45, 2.75) is 18.4 Å². The molecule has 0 spiro atoms. The fraction of sp³-hybridized carbons (Fsp3) is 0.833. The maximum absolute atomic E-state index is 11.9. The van der Waals surface area contributed by atoms with Gasteiger partial charge in [0.25, 0.3) is 0 Å². The Balaban J connectivity index is 0.00000121. The minimum Gasteiger partial charge on any atom is -0.468 e. The first-order valence-corrected chi connectivity index (χ1v) is 3.18. The van der Waals surface area contributed by atoms with E-state index in [1.54, 1.807) is 0 Å². The van der Waals surface area contributed by atoms with E-state index in [1.807, 2.05) is 0 Å². The van der Waals surface area contributed by atoms with Crippen molar-refractivity contribution < 1.29 is 18.3 Å². The molecule has 0 radical (unpaired) electrons. The zero-order valence-electron chi connectivity index (χ0n) is 6.42. The second kappa shape index (κ2) is 3.53. The van der Waals surface area contributed by atoms with Crippen LogP contribution in [0.1, 0.15) is 6.42 Å². The van der Waals surface area contributed by atoms with Crippen molar-refractivity contribution >= 4 is 18.4 Å². The lowest BCUT2D eigenvalue weighted by Crippen LogP contribution is -2.37. The minimum absolute atomic E-state index is 0. The van der Waals surface area contributed by atoms with Crippen LogP contribution in [0.2, 0.25) is 0 Å². The molecule has 0 saturated heterocycles. The number of halogens is 3. The van der Waals surface area contributed by atoms with Gasteiger partial charge in [-0.05, 0) is 6.42 Å². The molecule has 2 N–H and O–H groups in total. The highest BCUT2D eigenvalue weighted by Gasteiger charge is 2.62. The van der Waals surface area contributed by atoms with Gasteiger partial charge < -0.3 is 10.5 Å². The van der Waals surface area contributed by atoms with E-state index in [1.165, 1.54) is 0 Å². The Morgan fingerprint density at radius 3 is 2.50 bits per heavy atom. The minimum atomic E-state index is -2.53. The summed E-state index contributed by atoms with van der Waals surface area (Å²) in [4.78, 5) is 10.7. The molecule has 0 aromatic rings. The maximum atomic E-state index is 11.9. The molecule has 12 heavy (non-hydrogen) atoms. The van der Waals surface area contributed by atoms with Crippen LogP contribution in [-0.4, -0.2) is 25.0 Å².